The second kappa shape index (κ2) is 11.7. The van der Waals surface area contributed by atoms with Crippen molar-refractivity contribution in [3.8, 4) is 5.88 Å². The molecule has 1 spiro atoms. The predicted molar refractivity (Wildman–Crippen MR) is 134 cm³/mol. The van der Waals surface area contributed by atoms with E-state index in [1.165, 1.54) is 44.9 Å². The number of unbranched alkanes of at least 4 members (excludes halogenated alkanes) is 1. The van der Waals surface area contributed by atoms with Crippen molar-refractivity contribution >= 4 is 11.6 Å². The summed E-state index contributed by atoms with van der Waals surface area (Å²) in [5.41, 5.74) is 1.42. The van der Waals surface area contributed by atoms with Gasteiger partial charge in [0.1, 0.15) is 0 Å². The van der Waals surface area contributed by atoms with Crippen molar-refractivity contribution in [2.75, 3.05) is 25.6 Å². The summed E-state index contributed by atoms with van der Waals surface area (Å²) < 4.78 is 11.1. The fraction of sp³-hybridized carbons (Fsp3) is 0.778. The molecule has 2 heterocycles. The van der Waals surface area contributed by atoms with Crippen molar-refractivity contribution < 1.29 is 14.3 Å². The second-order valence-corrected chi connectivity index (χ2v) is 11.2. The molecule has 2 aliphatic carbocycles. The molecule has 6 nitrogen and oxygen atoms in total. The van der Waals surface area contributed by atoms with Gasteiger partial charge in [0.25, 0.3) is 0 Å². The van der Waals surface area contributed by atoms with Crippen LogP contribution < -0.4 is 15.4 Å². The minimum absolute atomic E-state index is 0.0944. The zero-order valence-electron chi connectivity index (χ0n) is 21.4. The molecule has 2 N–H and O–H groups in total. The van der Waals surface area contributed by atoms with Crippen LogP contribution in [0.1, 0.15) is 85.5 Å². The van der Waals surface area contributed by atoms with Gasteiger partial charge in [0, 0.05) is 18.0 Å². The van der Waals surface area contributed by atoms with Gasteiger partial charge in [0.15, 0.2) is 0 Å². The van der Waals surface area contributed by atoms with Crippen molar-refractivity contribution in [1.82, 2.24) is 10.3 Å². The van der Waals surface area contributed by atoms with Crippen molar-refractivity contribution in [2.45, 2.75) is 97.1 Å². The SMILES string of the molecule is CCCCNC1COC2(CCC(C(C)(C)C)CC2)C1.COc1ccc(NC(=O)C2CC2)cn1. The van der Waals surface area contributed by atoms with Crippen LogP contribution in [-0.2, 0) is 9.53 Å². The monoisotopic (exact) mass is 459 g/mol. The summed E-state index contributed by atoms with van der Waals surface area (Å²) in [5, 5.41) is 6.47. The first kappa shape index (κ1) is 26.0. The molecule has 1 aromatic heterocycles. The topological polar surface area (TPSA) is 72.5 Å². The molecule has 1 atom stereocenters. The molecular formula is C27H45N3O3. The summed E-state index contributed by atoms with van der Waals surface area (Å²) in [7, 11) is 1.56. The molecule has 33 heavy (non-hydrogen) atoms. The summed E-state index contributed by atoms with van der Waals surface area (Å²) in [5.74, 6) is 1.75. The van der Waals surface area contributed by atoms with E-state index >= 15 is 0 Å². The second-order valence-electron chi connectivity index (χ2n) is 11.2. The minimum atomic E-state index is 0.0944. The van der Waals surface area contributed by atoms with Crippen molar-refractivity contribution in [3.05, 3.63) is 18.3 Å². The van der Waals surface area contributed by atoms with Crippen LogP contribution in [0.3, 0.4) is 0 Å². The van der Waals surface area contributed by atoms with Crippen LogP contribution >= 0.6 is 0 Å². The van der Waals surface area contributed by atoms with Gasteiger partial charge in [0.05, 0.1) is 31.2 Å². The number of nitrogens with zero attached hydrogens (tertiary/aromatic N) is 1. The van der Waals surface area contributed by atoms with E-state index in [9.17, 15) is 4.79 Å². The van der Waals surface area contributed by atoms with Crippen LogP contribution in [0.15, 0.2) is 18.3 Å². The fourth-order valence-electron chi connectivity index (χ4n) is 4.98. The van der Waals surface area contributed by atoms with Gasteiger partial charge in [-0.05, 0) is 75.3 Å². The number of carbonyl (C=O) groups is 1. The third-order valence-electron chi connectivity index (χ3n) is 7.46. The Kier molecular flexibility index (Phi) is 9.17. The molecule has 3 fully saturated rings. The lowest BCUT2D eigenvalue weighted by molar-refractivity contribution is -0.117. The lowest BCUT2D eigenvalue weighted by Crippen LogP contribution is -2.38. The largest absolute Gasteiger partial charge is 0.481 e. The van der Waals surface area contributed by atoms with Crippen LogP contribution in [-0.4, -0.2) is 42.8 Å². The fourth-order valence-corrected chi connectivity index (χ4v) is 4.98. The van der Waals surface area contributed by atoms with E-state index in [1.54, 1.807) is 25.4 Å². The van der Waals surface area contributed by atoms with Gasteiger partial charge in [-0.1, -0.05) is 34.1 Å². The molecule has 0 radical (unpaired) electrons. The average Bonchev–Trinajstić information content (AvgIpc) is 3.58. The number of hydrogen-bond donors (Lipinski definition) is 2. The number of aromatic nitrogens is 1. The third kappa shape index (κ3) is 7.96. The smallest absolute Gasteiger partial charge is 0.227 e. The average molecular weight is 460 g/mol. The lowest BCUT2D eigenvalue weighted by Gasteiger charge is -2.41. The number of rotatable bonds is 7. The highest BCUT2D eigenvalue weighted by Crippen LogP contribution is 2.46. The van der Waals surface area contributed by atoms with Crippen LogP contribution in [0.4, 0.5) is 5.69 Å². The van der Waals surface area contributed by atoms with E-state index in [4.69, 9.17) is 9.47 Å². The van der Waals surface area contributed by atoms with Crippen LogP contribution in [0.25, 0.3) is 0 Å². The van der Waals surface area contributed by atoms with Crippen molar-refractivity contribution in [2.24, 2.45) is 17.3 Å². The Hall–Kier alpha value is -1.66. The highest BCUT2D eigenvalue weighted by molar-refractivity contribution is 5.93. The highest BCUT2D eigenvalue weighted by atomic mass is 16.5. The highest BCUT2D eigenvalue weighted by Gasteiger charge is 2.44. The van der Waals surface area contributed by atoms with Crippen molar-refractivity contribution in [1.29, 1.82) is 0 Å². The first-order valence-electron chi connectivity index (χ1n) is 12.9. The number of nitrogens with one attached hydrogen (secondary N) is 2. The molecule has 4 rings (SSSR count). The molecule has 0 bridgehead atoms. The quantitative estimate of drug-likeness (QED) is 0.521. The number of pyridine rings is 1. The van der Waals surface area contributed by atoms with E-state index in [2.05, 4.69) is 43.3 Å². The Labute approximate surface area is 200 Å². The molecule has 1 aliphatic heterocycles. The summed E-state index contributed by atoms with van der Waals surface area (Å²) in [4.78, 5) is 15.4. The number of anilines is 1. The zero-order valence-corrected chi connectivity index (χ0v) is 21.4. The normalized spacial score (nSPS) is 27.1. The Morgan fingerprint density at radius 1 is 1.21 bits per heavy atom. The summed E-state index contributed by atoms with van der Waals surface area (Å²) >= 11 is 0. The first-order valence-corrected chi connectivity index (χ1v) is 12.9. The molecule has 186 valence electrons. The van der Waals surface area contributed by atoms with Gasteiger partial charge in [0.2, 0.25) is 11.8 Å². The summed E-state index contributed by atoms with van der Waals surface area (Å²) in [6.07, 6.45) is 12.7. The Morgan fingerprint density at radius 3 is 2.48 bits per heavy atom. The van der Waals surface area contributed by atoms with E-state index in [0.29, 0.717) is 17.3 Å². The van der Waals surface area contributed by atoms with Gasteiger partial charge in [-0.15, -0.1) is 0 Å². The molecule has 1 aromatic rings. The number of amides is 1. The molecule has 0 aromatic carbocycles. The molecule has 1 unspecified atom stereocenters. The Morgan fingerprint density at radius 2 is 1.94 bits per heavy atom. The van der Waals surface area contributed by atoms with E-state index in [0.717, 1.165) is 37.6 Å². The van der Waals surface area contributed by atoms with E-state index in [-0.39, 0.29) is 17.4 Å². The Balaban J connectivity index is 0.000000194. The predicted octanol–water partition coefficient (Wildman–Crippen LogP) is 5.58. The maximum Gasteiger partial charge on any atom is 0.227 e. The molecule has 1 amide bonds. The Bertz CT molecular complexity index is 732. The molecule has 6 heteroatoms. The molecule has 1 saturated heterocycles. The van der Waals surface area contributed by atoms with Crippen LogP contribution in [0.2, 0.25) is 0 Å². The van der Waals surface area contributed by atoms with E-state index < -0.39 is 0 Å². The lowest BCUT2D eigenvalue weighted by atomic mass is 9.67. The number of methoxy groups -OCH3 is 1. The summed E-state index contributed by atoms with van der Waals surface area (Å²) in [6, 6.07) is 4.12. The molecule has 2 saturated carbocycles. The van der Waals surface area contributed by atoms with Gasteiger partial charge < -0.3 is 20.1 Å². The molecular weight excluding hydrogens is 414 g/mol. The van der Waals surface area contributed by atoms with Crippen LogP contribution in [0.5, 0.6) is 5.88 Å². The van der Waals surface area contributed by atoms with Gasteiger partial charge in [-0.2, -0.15) is 0 Å². The maximum atomic E-state index is 11.4. The van der Waals surface area contributed by atoms with Gasteiger partial charge >= 0.3 is 0 Å². The first-order chi connectivity index (χ1) is 15.7. The molecule has 3 aliphatic rings. The maximum absolute atomic E-state index is 11.4. The number of carbonyl (C=O) groups excluding carboxylic acids is 1. The van der Waals surface area contributed by atoms with E-state index in [1.807, 2.05) is 0 Å². The standard InChI is InChI=1S/C17H33NO.C10H12N2O2/c1-5-6-11-18-15-12-17(19-13-15)9-7-14(8-10-17)16(2,3)4;1-14-9-5-4-8(6-11-9)12-10(13)7-2-3-7/h14-15,18H,5-13H2,1-4H3;4-7H,2-3H2,1H3,(H,12,13). The number of hydrogen-bond acceptors (Lipinski definition) is 5. The van der Waals surface area contributed by atoms with Crippen molar-refractivity contribution in [3.63, 3.8) is 0 Å². The minimum Gasteiger partial charge on any atom is -0.481 e. The van der Waals surface area contributed by atoms with Gasteiger partial charge in [-0.3, -0.25) is 4.79 Å². The third-order valence-corrected chi connectivity index (χ3v) is 7.46. The summed E-state index contributed by atoms with van der Waals surface area (Å²) in [6.45, 7) is 11.5. The van der Waals surface area contributed by atoms with Gasteiger partial charge in [-0.25, -0.2) is 4.98 Å². The zero-order chi connectivity index (χ0) is 23.9. The number of ether oxygens (including phenoxy) is 2. The van der Waals surface area contributed by atoms with Crippen LogP contribution in [0, 0.1) is 17.3 Å².